The normalized spacial score (nSPS) is 17.2. The lowest BCUT2D eigenvalue weighted by molar-refractivity contribution is -0.384. The number of nitro groups is 1. The standard InChI is InChI=1S/C24H23FN4O3/c1-17-15-27(16-18-4-7-21(25)8-5-18)11-12-28(17)24(30)9-6-20-13-19-3-2-10-26-22(19)14-23(20)29(31)32/h2-10,13-14,17H,11-12,15-16H2,1H3. The van der Waals surface area contributed by atoms with Gasteiger partial charge >= 0.3 is 0 Å². The molecule has 1 aliphatic heterocycles. The molecule has 1 aliphatic rings. The summed E-state index contributed by atoms with van der Waals surface area (Å²) in [4.78, 5) is 32.0. The molecule has 3 aromatic rings. The number of carbonyl (C=O) groups excluding carboxylic acids is 1. The van der Waals surface area contributed by atoms with Crippen LogP contribution in [0.1, 0.15) is 18.1 Å². The zero-order chi connectivity index (χ0) is 22.7. The van der Waals surface area contributed by atoms with Crippen LogP contribution >= 0.6 is 0 Å². The van der Waals surface area contributed by atoms with Crippen molar-refractivity contribution in [3.63, 3.8) is 0 Å². The molecule has 1 fully saturated rings. The summed E-state index contributed by atoms with van der Waals surface area (Å²) in [7, 11) is 0. The smallest absolute Gasteiger partial charge is 0.278 e. The minimum absolute atomic E-state index is 0.0165. The first-order chi connectivity index (χ1) is 15.4. The Morgan fingerprint density at radius 3 is 2.75 bits per heavy atom. The van der Waals surface area contributed by atoms with Crippen LogP contribution in [0.5, 0.6) is 0 Å². The third-order valence-corrected chi connectivity index (χ3v) is 5.67. The Bertz CT molecular complexity index is 1180. The van der Waals surface area contributed by atoms with Gasteiger partial charge in [-0.2, -0.15) is 0 Å². The second-order valence-corrected chi connectivity index (χ2v) is 7.94. The maximum absolute atomic E-state index is 13.1. The quantitative estimate of drug-likeness (QED) is 0.344. The zero-order valence-electron chi connectivity index (χ0n) is 17.6. The number of nitrogens with zero attached hydrogens (tertiary/aromatic N) is 4. The Balaban J connectivity index is 1.44. The van der Waals surface area contributed by atoms with Crippen LogP contribution in [-0.2, 0) is 11.3 Å². The fourth-order valence-electron chi connectivity index (χ4n) is 4.03. The number of nitro benzene ring substituents is 1. The van der Waals surface area contributed by atoms with E-state index in [2.05, 4.69) is 9.88 Å². The predicted molar refractivity (Wildman–Crippen MR) is 120 cm³/mol. The molecule has 7 nitrogen and oxygen atoms in total. The van der Waals surface area contributed by atoms with E-state index in [9.17, 15) is 19.3 Å². The molecule has 8 heteroatoms. The third kappa shape index (κ3) is 4.81. The van der Waals surface area contributed by atoms with Gasteiger partial charge in [0, 0.05) is 55.9 Å². The summed E-state index contributed by atoms with van der Waals surface area (Å²) in [5.74, 6) is -0.438. The molecule has 0 radical (unpaired) electrons. The van der Waals surface area contributed by atoms with Crippen molar-refractivity contribution in [2.75, 3.05) is 19.6 Å². The van der Waals surface area contributed by atoms with E-state index in [-0.39, 0.29) is 23.5 Å². The number of hydrogen-bond donors (Lipinski definition) is 0. The molecule has 0 bridgehead atoms. The van der Waals surface area contributed by atoms with E-state index in [1.165, 1.54) is 30.4 Å². The average Bonchev–Trinajstić information content (AvgIpc) is 2.78. The van der Waals surface area contributed by atoms with Crippen LogP contribution in [0, 0.1) is 15.9 Å². The maximum atomic E-state index is 13.1. The third-order valence-electron chi connectivity index (χ3n) is 5.67. The van der Waals surface area contributed by atoms with Crippen LogP contribution in [0.4, 0.5) is 10.1 Å². The molecule has 0 saturated carbocycles. The van der Waals surface area contributed by atoms with Crippen LogP contribution in [0.2, 0.25) is 0 Å². The lowest BCUT2D eigenvalue weighted by Gasteiger charge is -2.39. The Labute approximate surface area is 184 Å². The number of pyridine rings is 1. The first kappa shape index (κ1) is 21.6. The van der Waals surface area contributed by atoms with Gasteiger partial charge in [0.15, 0.2) is 0 Å². The van der Waals surface area contributed by atoms with E-state index in [1.807, 2.05) is 13.0 Å². The summed E-state index contributed by atoms with van der Waals surface area (Å²) in [6, 6.07) is 13.1. The van der Waals surface area contributed by atoms with Gasteiger partial charge in [0.05, 0.1) is 16.0 Å². The zero-order valence-corrected chi connectivity index (χ0v) is 17.6. The van der Waals surface area contributed by atoms with Crippen LogP contribution in [0.15, 0.2) is 60.8 Å². The van der Waals surface area contributed by atoms with Gasteiger partial charge in [0.25, 0.3) is 5.69 Å². The molecule has 164 valence electrons. The molecule has 1 atom stereocenters. The van der Waals surface area contributed by atoms with Crippen LogP contribution in [-0.4, -0.2) is 51.3 Å². The van der Waals surface area contributed by atoms with Crippen LogP contribution < -0.4 is 0 Å². The summed E-state index contributed by atoms with van der Waals surface area (Å²) in [6.45, 7) is 4.61. The van der Waals surface area contributed by atoms with E-state index in [0.29, 0.717) is 37.3 Å². The van der Waals surface area contributed by atoms with Crippen molar-refractivity contribution in [3.05, 3.63) is 87.9 Å². The van der Waals surface area contributed by atoms with Gasteiger partial charge in [-0.25, -0.2) is 4.39 Å². The second kappa shape index (κ2) is 9.23. The minimum Gasteiger partial charge on any atom is -0.334 e. The number of carbonyl (C=O) groups is 1. The van der Waals surface area contributed by atoms with Gasteiger partial charge < -0.3 is 4.90 Å². The van der Waals surface area contributed by atoms with E-state index in [4.69, 9.17) is 0 Å². The fraction of sp³-hybridized carbons (Fsp3) is 0.250. The number of aromatic nitrogens is 1. The highest BCUT2D eigenvalue weighted by Gasteiger charge is 2.26. The molecule has 1 unspecified atom stereocenters. The summed E-state index contributed by atoms with van der Waals surface area (Å²) in [5.41, 5.74) is 1.84. The number of benzene rings is 2. The Kier molecular flexibility index (Phi) is 6.23. The van der Waals surface area contributed by atoms with E-state index in [0.717, 1.165) is 10.9 Å². The van der Waals surface area contributed by atoms with Crippen molar-refractivity contribution in [2.24, 2.45) is 0 Å². The molecule has 2 aromatic carbocycles. The molecule has 0 N–H and O–H groups in total. The van der Waals surface area contributed by atoms with Crippen LogP contribution in [0.3, 0.4) is 0 Å². The predicted octanol–water partition coefficient (Wildman–Crippen LogP) is 4.03. The molecule has 32 heavy (non-hydrogen) atoms. The van der Waals surface area contributed by atoms with Gasteiger partial charge in [-0.05, 0) is 42.8 Å². The van der Waals surface area contributed by atoms with E-state index in [1.54, 1.807) is 35.4 Å². The van der Waals surface area contributed by atoms with E-state index < -0.39 is 4.92 Å². The average molecular weight is 434 g/mol. The van der Waals surface area contributed by atoms with Crippen molar-refractivity contribution >= 4 is 28.6 Å². The molecule has 0 aliphatic carbocycles. The first-order valence-electron chi connectivity index (χ1n) is 10.4. The largest absolute Gasteiger partial charge is 0.334 e. The molecule has 2 heterocycles. The number of rotatable bonds is 5. The number of amides is 1. The fourth-order valence-corrected chi connectivity index (χ4v) is 4.03. The van der Waals surface area contributed by atoms with Gasteiger partial charge in [-0.1, -0.05) is 18.2 Å². The summed E-state index contributed by atoms with van der Waals surface area (Å²) < 4.78 is 13.1. The van der Waals surface area contributed by atoms with Gasteiger partial charge in [0.2, 0.25) is 5.91 Å². The summed E-state index contributed by atoms with van der Waals surface area (Å²) >= 11 is 0. The second-order valence-electron chi connectivity index (χ2n) is 7.94. The molecule has 1 amide bonds. The van der Waals surface area contributed by atoms with Gasteiger partial charge in [-0.3, -0.25) is 24.8 Å². The molecular weight excluding hydrogens is 411 g/mol. The van der Waals surface area contributed by atoms with Crippen molar-refractivity contribution in [2.45, 2.75) is 19.5 Å². The molecular formula is C24H23FN4O3. The number of piperazine rings is 1. The summed E-state index contributed by atoms with van der Waals surface area (Å²) in [6.07, 6.45) is 4.49. The highest BCUT2D eigenvalue weighted by atomic mass is 19.1. The van der Waals surface area contributed by atoms with Crippen LogP contribution in [0.25, 0.3) is 17.0 Å². The number of fused-ring (bicyclic) bond motifs is 1. The Morgan fingerprint density at radius 1 is 1.25 bits per heavy atom. The molecule has 1 aromatic heterocycles. The monoisotopic (exact) mass is 434 g/mol. The number of halogens is 1. The minimum atomic E-state index is -0.463. The van der Waals surface area contributed by atoms with Crippen molar-refractivity contribution in [3.8, 4) is 0 Å². The number of hydrogen-bond acceptors (Lipinski definition) is 5. The highest BCUT2D eigenvalue weighted by Crippen LogP contribution is 2.26. The first-order valence-corrected chi connectivity index (χ1v) is 10.4. The maximum Gasteiger partial charge on any atom is 0.278 e. The van der Waals surface area contributed by atoms with Crippen molar-refractivity contribution in [1.29, 1.82) is 0 Å². The lowest BCUT2D eigenvalue weighted by atomic mass is 10.1. The Morgan fingerprint density at radius 2 is 2.03 bits per heavy atom. The van der Waals surface area contributed by atoms with Gasteiger partial charge in [-0.15, -0.1) is 0 Å². The SMILES string of the molecule is CC1CN(Cc2ccc(F)cc2)CCN1C(=O)C=Cc1cc2cccnc2cc1[N+](=O)[O-]. The topological polar surface area (TPSA) is 79.6 Å². The Hall–Kier alpha value is -3.65. The van der Waals surface area contributed by atoms with Gasteiger partial charge in [0.1, 0.15) is 5.82 Å². The summed E-state index contributed by atoms with van der Waals surface area (Å²) in [5, 5.41) is 12.3. The molecule has 1 saturated heterocycles. The molecule has 0 spiro atoms. The van der Waals surface area contributed by atoms with E-state index >= 15 is 0 Å². The highest BCUT2D eigenvalue weighted by molar-refractivity contribution is 5.94. The molecule has 4 rings (SSSR count). The lowest BCUT2D eigenvalue weighted by Crippen LogP contribution is -2.53. The van der Waals surface area contributed by atoms with Crippen molar-refractivity contribution < 1.29 is 14.1 Å². The van der Waals surface area contributed by atoms with Crippen molar-refractivity contribution in [1.82, 2.24) is 14.8 Å².